The van der Waals surface area contributed by atoms with Gasteiger partial charge in [-0.3, -0.25) is 9.69 Å². The highest BCUT2D eigenvalue weighted by Gasteiger charge is 2.57. The van der Waals surface area contributed by atoms with E-state index in [0.29, 0.717) is 44.1 Å². The normalized spacial score (nSPS) is 33.5. The zero-order chi connectivity index (χ0) is 22.4. The first kappa shape index (κ1) is 20.9. The molecule has 9 heteroatoms. The van der Waals surface area contributed by atoms with Crippen molar-refractivity contribution >= 4 is 23.0 Å². The Hall–Kier alpha value is -2.65. The van der Waals surface area contributed by atoms with Crippen LogP contribution in [-0.2, 0) is 16.0 Å². The van der Waals surface area contributed by atoms with Crippen molar-refractivity contribution in [2.75, 3.05) is 19.7 Å². The first-order valence-corrected chi connectivity index (χ1v) is 12.3. The summed E-state index contributed by atoms with van der Waals surface area (Å²) in [4.78, 5) is 35.4. The molecule has 1 spiro atoms. The number of ether oxygens (including phenoxy) is 1. The van der Waals surface area contributed by atoms with Gasteiger partial charge in [0.1, 0.15) is 12.1 Å². The van der Waals surface area contributed by atoms with Gasteiger partial charge in [0.15, 0.2) is 0 Å². The fraction of sp³-hybridized carbons (Fsp3) is 0.625. The number of benzene rings is 1. The molecule has 176 valence electrons. The van der Waals surface area contributed by atoms with Gasteiger partial charge in [0.05, 0.1) is 23.1 Å². The second kappa shape index (κ2) is 8.29. The number of carbonyl (C=O) groups excluding carboxylic acids is 2. The van der Waals surface area contributed by atoms with Crippen LogP contribution in [-0.4, -0.2) is 70.4 Å². The Morgan fingerprint density at radius 3 is 2.85 bits per heavy atom. The van der Waals surface area contributed by atoms with Gasteiger partial charge in [-0.2, -0.15) is 0 Å². The number of imidazole rings is 1. The predicted octanol–water partition coefficient (Wildman–Crippen LogP) is 1.65. The number of rotatable bonds is 5. The number of piperidine rings is 1. The van der Waals surface area contributed by atoms with E-state index in [1.807, 2.05) is 24.3 Å². The highest BCUT2D eigenvalue weighted by Crippen LogP contribution is 2.47. The molecule has 4 N–H and O–H groups in total. The van der Waals surface area contributed by atoms with E-state index in [1.165, 1.54) is 0 Å². The van der Waals surface area contributed by atoms with Crippen LogP contribution in [0.2, 0.25) is 0 Å². The summed E-state index contributed by atoms with van der Waals surface area (Å²) in [5.74, 6) is 1.25. The van der Waals surface area contributed by atoms with Gasteiger partial charge in [0.25, 0.3) is 0 Å². The topological polar surface area (TPSA) is 111 Å². The standard InChI is InChI=1S/C24H32N6O3/c31-21(25-10-9-20-26-18-5-1-2-6-19(18)27-20)14-30-15-7-8-16(30)13-24(12-15)17-4-3-11-33-22(17)28-23(32)29-24/h1-2,5-6,15-17,22H,3-4,7-14H2,(H,25,31)(H,26,27)(H2,28,29,32)/t15?,16?,17-,22+,24?/m1/s1. The molecule has 4 fully saturated rings. The smallest absolute Gasteiger partial charge is 0.317 e. The summed E-state index contributed by atoms with van der Waals surface area (Å²) in [6.07, 6.45) is 6.56. The Morgan fingerprint density at radius 1 is 1.21 bits per heavy atom. The minimum atomic E-state index is -0.215. The van der Waals surface area contributed by atoms with Gasteiger partial charge in [-0.15, -0.1) is 0 Å². The minimum absolute atomic E-state index is 0.0622. The van der Waals surface area contributed by atoms with E-state index in [4.69, 9.17) is 4.74 Å². The average Bonchev–Trinajstić information content (AvgIpc) is 3.31. The Bertz CT molecular complexity index is 1010. The van der Waals surface area contributed by atoms with Crippen molar-refractivity contribution in [3.63, 3.8) is 0 Å². The van der Waals surface area contributed by atoms with Gasteiger partial charge < -0.3 is 25.7 Å². The largest absolute Gasteiger partial charge is 0.358 e. The molecule has 6 rings (SSSR count). The van der Waals surface area contributed by atoms with Crippen molar-refractivity contribution < 1.29 is 14.3 Å². The van der Waals surface area contributed by atoms with Crippen LogP contribution in [0, 0.1) is 5.92 Å². The number of H-pyrrole nitrogens is 1. The Labute approximate surface area is 193 Å². The van der Waals surface area contributed by atoms with Gasteiger partial charge in [-0.25, -0.2) is 9.78 Å². The first-order chi connectivity index (χ1) is 16.1. The van der Waals surface area contributed by atoms with Crippen LogP contribution in [0.1, 0.15) is 44.3 Å². The summed E-state index contributed by atoms with van der Waals surface area (Å²) >= 11 is 0. The number of aromatic nitrogens is 2. The van der Waals surface area contributed by atoms with E-state index in [0.717, 1.165) is 55.4 Å². The van der Waals surface area contributed by atoms with Crippen LogP contribution in [0.25, 0.3) is 11.0 Å². The quantitative estimate of drug-likeness (QED) is 0.551. The maximum Gasteiger partial charge on any atom is 0.317 e. The van der Waals surface area contributed by atoms with Crippen molar-refractivity contribution in [3.05, 3.63) is 30.1 Å². The van der Waals surface area contributed by atoms with E-state index in [-0.39, 0.29) is 23.7 Å². The molecule has 2 aromatic rings. The lowest BCUT2D eigenvalue weighted by Crippen LogP contribution is -2.73. The predicted molar refractivity (Wildman–Crippen MR) is 122 cm³/mol. The van der Waals surface area contributed by atoms with Gasteiger partial charge in [0, 0.05) is 37.6 Å². The van der Waals surface area contributed by atoms with Crippen molar-refractivity contribution in [2.24, 2.45) is 5.92 Å². The number of para-hydroxylation sites is 2. The number of fused-ring (bicyclic) bond motifs is 5. The molecule has 4 atom stereocenters. The third-order valence-corrected chi connectivity index (χ3v) is 8.09. The summed E-state index contributed by atoms with van der Waals surface area (Å²) in [6, 6.07) is 8.49. The molecule has 33 heavy (non-hydrogen) atoms. The van der Waals surface area contributed by atoms with Crippen molar-refractivity contribution in [3.8, 4) is 0 Å². The van der Waals surface area contributed by atoms with Crippen molar-refractivity contribution in [2.45, 2.75) is 68.8 Å². The van der Waals surface area contributed by atoms with Gasteiger partial charge in [-0.05, 0) is 50.7 Å². The van der Waals surface area contributed by atoms with Crippen molar-refractivity contribution in [1.82, 2.24) is 30.8 Å². The summed E-state index contributed by atoms with van der Waals surface area (Å²) in [7, 11) is 0. The number of nitrogens with zero attached hydrogens (tertiary/aromatic N) is 2. The van der Waals surface area contributed by atoms with E-state index < -0.39 is 0 Å². The van der Waals surface area contributed by atoms with E-state index in [2.05, 4.69) is 30.8 Å². The molecule has 4 aliphatic rings. The van der Waals surface area contributed by atoms with E-state index in [1.54, 1.807) is 0 Å². The number of hydrogen-bond donors (Lipinski definition) is 4. The zero-order valence-corrected chi connectivity index (χ0v) is 18.8. The summed E-state index contributed by atoms with van der Waals surface area (Å²) in [5, 5.41) is 9.35. The maximum atomic E-state index is 12.8. The highest BCUT2D eigenvalue weighted by atomic mass is 16.5. The molecule has 4 aliphatic heterocycles. The summed E-state index contributed by atoms with van der Waals surface area (Å²) < 4.78 is 5.90. The average molecular weight is 453 g/mol. The number of amides is 3. The molecular weight excluding hydrogens is 420 g/mol. The monoisotopic (exact) mass is 452 g/mol. The fourth-order valence-electron chi connectivity index (χ4n) is 6.68. The number of carbonyl (C=O) groups is 2. The van der Waals surface area contributed by atoms with Crippen LogP contribution in [0.4, 0.5) is 4.79 Å². The number of urea groups is 1. The lowest BCUT2D eigenvalue weighted by Gasteiger charge is -2.55. The molecule has 2 bridgehead atoms. The number of nitrogens with one attached hydrogen (secondary N) is 4. The van der Waals surface area contributed by atoms with Crippen LogP contribution in [0.15, 0.2) is 24.3 Å². The fourth-order valence-corrected chi connectivity index (χ4v) is 6.68. The van der Waals surface area contributed by atoms with Crippen LogP contribution >= 0.6 is 0 Å². The SMILES string of the molecule is O=C(CN1C2CCC1CC1(C2)NC(=O)N[C@H]2OCCC[C@H]21)NCCc1nc2ccccc2[nH]1. The molecule has 0 saturated carbocycles. The molecular formula is C24H32N6O3. The Kier molecular flexibility index (Phi) is 5.25. The first-order valence-electron chi connectivity index (χ1n) is 12.3. The van der Waals surface area contributed by atoms with Gasteiger partial charge in [0.2, 0.25) is 5.91 Å². The lowest BCUT2D eigenvalue weighted by molar-refractivity contribution is -0.126. The molecule has 9 nitrogen and oxygen atoms in total. The number of aromatic amines is 1. The molecule has 0 radical (unpaired) electrons. The summed E-state index contributed by atoms with van der Waals surface area (Å²) in [5.41, 5.74) is 1.76. The molecule has 0 aliphatic carbocycles. The Balaban J connectivity index is 1.06. The third-order valence-electron chi connectivity index (χ3n) is 8.09. The van der Waals surface area contributed by atoms with Crippen molar-refractivity contribution in [1.29, 1.82) is 0 Å². The highest BCUT2D eigenvalue weighted by molar-refractivity contribution is 5.78. The van der Waals surface area contributed by atoms with E-state index >= 15 is 0 Å². The molecule has 1 aromatic carbocycles. The third kappa shape index (κ3) is 3.87. The second-order valence-corrected chi connectivity index (χ2v) is 10.1. The Morgan fingerprint density at radius 2 is 2.03 bits per heavy atom. The molecule has 3 amide bonds. The van der Waals surface area contributed by atoms with E-state index in [9.17, 15) is 9.59 Å². The molecule has 5 heterocycles. The lowest BCUT2D eigenvalue weighted by atomic mass is 9.69. The number of hydrogen-bond acceptors (Lipinski definition) is 5. The molecule has 1 aromatic heterocycles. The summed E-state index contributed by atoms with van der Waals surface area (Å²) in [6.45, 7) is 1.70. The molecule has 2 unspecified atom stereocenters. The minimum Gasteiger partial charge on any atom is -0.358 e. The van der Waals surface area contributed by atoms with Crippen LogP contribution < -0.4 is 16.0 Å². The maximum absolute atomic E-state index is 12.8. The zero-order valence-electron chi connectivity index (χ0n) is 18.8. The van der Waals surface area contributed by atoms with Crippen LogP contribution in [0.5, 0.6) is 0 Å². The van der Waals surface area contributed by atoms with Gasteiger partial charge in [-0.1, -0.05) is 12.1 Å². The van der Waals surface area contributed by atoms with Crippen LogP contribution in [0.3, 0.4) is 0 Å². The molecule has 4 saturated heterocycles. The second-order valence-electron chi connectivity index (χ2n) is 10.1. The van der Waals surface area contributed by atoms with Gasteiger partial charge >= 0.3 is 6.03 Å².